The SMILES string of the molecule is Cc1nnc2ccc(N3CC(CNc4ncc(Cl)cn4)C3)nn12. The molecule has 1 saturated heterocycles. The standard InChI is InChI=1S/C14H15ClN8/c1-9-19-20-12-2-3-13(21-23(9)12)22-7-10(8-22)4-16-14-17-5-11(15)6-18-14/h2-3,5-6,10H,4,7-8H2,1H3,(H,16,17,18). The van der Waals surface area contributed by atoms with E-state index in [2.05, 4.69) is 35.5 Å². The first kappa shape index (κ1) is 14.1. The highest BCUT2D eigenvalue weighted by molar-refractivity contribution is 6.30. The van der Waals surface area contributed by atoms with Crippen LogP contribution in [0.2, 0.25) is 5.02 Å². The smallest absolute Gasteiger partial charge is 0.222 e. The predicted molar refractivity (Wildman–Crippen MR) is 86.8 cm³/mol. The molecule has 1 N–H and O–H groups in total. The van der Waals surface area contributed by atoms with Crippen molar-refractivity contribution in [1.82, 2.24) is 29.8 Å². The Morgan fingerprint density at radius 1 is 1.22 bits per heavy atom. The highest BCUT2D eigenvalue weighted by Gasteiger charge is 2.28. The van der Waals surface area contributed by atoms with Crippen LogP contribution in [0.5, 0.6) is 0 Å². The molecule has 0 unspecified atom stereocenters. The molecule has 1 aliphatic heterocycles. The topological polar surface area (TPSA) is 84.1 Å². The Morgan fingerprint density at radius 2 is 2.00 bits per heavy atom. The summed E-state index contributed by atoms with van der Waals surface area (Å²) in [6.45, 7) is 4.61. The van der Waals surface area contributed by atoms with Crippen LogP contribution in [0.25, 0.3) is 5.65 Å². The number of aryl methyl sites for hydroxylation is 1. The van der Waals surface area contributed by atoms with Gasteiger partial charge in [0.15, 0.2) is 11.5 Å². The molecule has 9 heteroatoms. The lowest BCUT2D eigenvalue weighted by Crippen LogP contribution is -2.50. The monoisotopic (exact) mass is 330 g/mol. The highest BCUT2D eigenvalue weighted by atomic mass is 35.5. The number of nitrogens with zero attached hydrogens (tertiary/aromatic N) is 7. The quantitative estimate of drug-likeness (QED) is 0.774. The molecule has 0 aliphatic carbocycles. The van der Waals surface area contributed by atoms with Gasteiger partial charge in [-0.05, 0) is 19.1 Å². The first-order valence-electron chi connectivity index (χ1n) is 7.34. The van der Waals surface area contributed by atoms with Crippen LogP contribution in [0.1, 0.15) is 5.82 Å². The molecule has 8 nitrogen and oxygen atoms in total. The zero-order valence-electron chi connectivity index (χ0n) is 12.5. The summed E-state index contributed by atoms with van der Waals surface area (Å²) >= 11 is 5.77. The number of hydrogen-bond donors (Lipinski definition) is 1. The summed E-state index contributed by atoms with van der Waals surface area (Å²) in [4.78, 5) is 10.5. The van der Waals surface area contributed by atoms with Gasteiger partial charge in [-0.1, -0.05) is 11.6 Å². The van der Waals surface area contributed by atoms with Crippen LogP contribution in [0, 0.1) is 12.8 Å². The normalized spacial score (nSPS) is 15.0. The molecule has 1 fully saturated rings. The maximum atomic E-state index is 5.77. The average molecular weight is 331 g/mol. The Labute approximate surface area is 137 Å². The van der Waals surface area contributed by atoms with E-state index >= 15 is 0 Å². The van der Waals surface area contributed by atoms with E-state index in [1.54, 1.807) is 16.9 Å². The van der Waals surface area contributed by atoms with E-state index in [9.17, 15) is 0 Å². The Balaban J connectivity index is 1.35. The summed E-state index contributed by atoms with van der Waals surface area (Å²) in [6.07, 6.45) is 3.18. The molecule has 0 atom stereocenters. The second-order valence-electron chi connectivity index (χ2n) is 5.59. The van der Waals surface area contributed by atoms with Crippen molar-refractivity contribution in [2.45, 2.75) is 6.92 Å². The maximum Gasteiger partial charge on any atom is 0.222 e. The Morgan fingerprint density at radius 3 is 2.78 bits per heavy atom. The fourth-order valence-corrected chi connectivity index (χ4v) is 2.68. The molecular weight excluding hydrogens is 316 g/mol. The summed E-state index contributed by atoms with van der Waals surface area (Å²) in [6, 6.07) is 3.92. The lowest BCUT2D eigenvalue weighted by molar-refractivity contribution is 0.424. The van der Waals surface area contributed by atoms with Gasteiger partial charge in [-0.3, -0.25) is 0 Å². The van der Waals surface area contributed by atoms with E-state index in [1.807, 2.05) is 19.1 Å². The molecule has 3 aromatic rings. The van der Waals surface area contributed by atoms with Crippen LogP contribution in [0.3, 0.4) is 0 Å². The van der Waals surface area contributed by atoms with E-state index in [0.717, 1.165) is 36.9 Å². The molecule has 4 heterocycles. The molecule has 23 heavy (non-hydrogen) atoms. The van der Waals surface area contributed by atoms with Gasteiger partial charge < -0.3 is 10.2 Å². The summed E-state index contributed by atoms with van der Waals surface area (Å²) in [5.41, 5.74) is 0.768. The maximum absolute atomic E-state index is 5.77. The minimum absolute atomic E-state index is 0.536. The molecule has 0 amide bonds. The molecule has 4 rings (SSSR count). The minimum Gasteiger partial charge on any atom is -0.354 e. The van der Waals surface area contributed by atoms with Crippen LogP contribution in [0.4, 0.5) is 11.8 Å². The number of fused-ring (bicyclic) bond motifs is 1. The van der Waals surface area contributed by atoms with Crippen molar-refractivity contribution >= 4 is 29.0 Å². The highest BCUT2D eigenvalue weighted by Crippen LogP contribution is 2.23. The molecule has 0 bridgehead atoms. The second kappa shape index (κ2) is 5.62. The second-order valence-corrected chi connectivity index (χ2v) is 6.02. The van der Waals surface area contributed by atoms with Crippen LogP contribution in [0.15, 0.2) is 24.5 Å². The van der Waals surface area contributed by atoms with Gasteiger partial charge in [0.2, 0.25) is 5.95 Å². The lowest BCUT2D eigenvalue weighted by Gasteiger charge is -2.40. The van der Waals surface area contributed by atoms with Gasteiger partial charge in [0.25, 0.3) is 0 Å². The lowest BCUT2D eigenvalue weighted by atomic mass is 10.0. The largest absolute Gasteiger partial charge is 0.354 e. The van der Waals surface area contributed by atoms with Crippen molar-refractivity contribution in [2.24, 2.45) is 5.92 Å². The molecule has 118 valence electrons. The van der Waals surface area contributed by atoms with Gasteiger partial charge >= 0.3 is 0 Å². The van der Waals surface area contributed by atoms with Crippen molar-refractivity contribution in [2.75, 3.05) is 29.9 Å². The van der Waals surface area contributed by atoms with Crippen molar-refractivity contribution in [3.8, 4) is 0 Å². The van der Waals surface area contributed by atoms with Crippen LogP contribution >= 0.6 is 11.6 Å². The third-order valence-electron chi connectivity index (χ3n) is 3.85. The third kappa shape index (κ3) is 2.77. The fourth-order valence-electron chi connectivity index (χ4n) is 2.58. The molecule has 1 aliphatic rings. The van der Waals surface area contributed by atoms with Gasteiger partial charge in [-0.25, -0.2) is 9.97 Å². The van der Waals surface area contributed by atoms with Crippen LogP contribution in [-0.4, -0.2) is 49.4 Å². The van der Waals surface area contributed by atoms with E-state index in [4.69, 9.17) is 11.6 Å². The molecule has 0 radical (unpaired) electrons. The summed E-state index contributed by atoms with van der Waals surface area (Å²) < 4.78 is 1.77. The number of hydrogen-bond acceptors (Lipinski definition) is 7. The van der Waals surface area contributed by atoms with E-state index in [-0.39, 0.29) is 0 Å². The average Bonchev–Trinajstić information content (AvgIpc) is 2.89. The Bertz CT molecular complexity index is 824. The van der Waals surface area contributed by atoms with Crippen molar-refractivity contribution in [3.63, 3.8) is 0 Å². The Hall–Kier alpha value is -2.48. The van der Waals surface area contributed by atoms with Gasteiger partial charge in [-0.2, -0.15) is 4.52 Å². The van der Waals surface area contributed by atoms with Gasteiger partial charge in [0.1, 0.15) is 5.82 Å². The zero-order valence-corrected chi connectivity index (χ0v) is 13.3. The predicted octanol–water partition coefficient (Wildman–Crippen LogP) is 1.42. The van der Waals surface area contributed by atoms with Crippen molar-refractivity contribution in [1.29, 1.82) is 0 Å². The molecule has 0 saturated carbocycles. The number of halogens is 1. The van der Waals surface area contributed by atoms with Crippen molar-refractivity contribution < 1.29 is 0 Å². The van der Waals surface area contributed by atoms with E-state index in [0.29, 0.717) is 16.9 Å². The van der Waals surface area contributed by atoms with Gasteiger partial charge in [0.05, 0.1) is 17.4 Å². The molecule has 3 aromatic heterocycles. The van der Waals surface area contributed by atoms with Crippen LogP contribution < -0.4 is 10.2 Å². The molecule has 0 aromatic carbocycles. The van der Waals surface area contributed by atoms with Gasteiger partial charge in [0, 0.05) is 25.6 Å². The first-order valence-corrected chi connectivity index (χ1v) is 7.72. The fraction of sp³-hybridized carbons (Fsp3) is 0.357. The zero-order chi connectivity index (χ0) is 15.8. The van der Waals surface area contributed by atoms with Crippen molar-refractivity contribution in [3.05, 3.63) is 35.4 Å². The van der Waals surface area contributed by atoms with E-state index in [1.165, 1.54) is 0 Å². The number of aromatic nitrogens is 6. The number of rotatable bonds is 4. The minimum atomic E-state index is 0.536. The van der Waals surface area contributed by atoms with Gasteiger partial charge in [-0.15, -0.1) is 15.3 Å². The van der Waals surface area contributed by atoms with Crippen LogP contribution in [-0.2, 0) is 0 Å². The van der Waals surface area contributed by atoms with E-state index < -0.39 is 0 Å². The summed E-state index contributed by atoms with van der Waals surface area (Å²) in [5.74, 6) is 2.88. The first-order chi connectivity index (χ1) is 11.2. The summed E-state index contributed by atoms with van der Waals surface area (Å²) in [7, 11) is 0. The molecule has 0 spiro atoms. The molecular formula is C14H15ClN8. The Kier molecular flexibility index (Phi) is 3.45. The summed E-state index contributed by atoms with van der Waals surface area (Å²) in [5, 5.41) is 16.4. The third-order valence-corrected chi connectivity index (χ3v) is 4.05. The number of nitrogens with one attached hydrogen (secondary N) is 1. The number of anilines is 2.